The topological polar surface area (TPSA) is 79.7 Å². The summed E-state index contributed by atoms with van der Waals surface area (Å²) in [5.74, 6) is 0.829. The number of hydrogen-bond acceptors (Lipinski definition) is 5. The fourth-order valence-corrected chi connectivity index (χ4v) is 3.82. The van der Waals surface area contributed by atoms with Crippen molar-refractivity contribution in [1.82, 2.24) is 19.8 Å². The van der Waals surface area contributed by atoms with Crippen molar-refractivity contribution in [2.24, 2.45) is 7.05 Å². The Morgan fingerprint density at radius 3 is 2.81 bits per heavy atom. The second-order valence-electron chi connectivity index (χ2n) is 7.08. The second-order valence-corrected chi connectivity index (χ2v) is 7.08. The van der Waals surface area contributed by atoms with Crippen LogP contribution in [0.1, 0.15) is 23.7 Å². The molecule has 2 aromatic rings. The Bertz CT molecular complexity index is 872. The molecule has 1 N–H and O–H groups in total. The highest BCUT2D eigenvalue weighted by molar-refractivity contribution is 5.98. The summed E-state index contributed by atoms with van der Waals surface area (Å²) in [5.41, 5.74) is 2.35. The zero-order valence-electron chi connectivity index (χ0n) is 15.8. The lowest BCUT2D eigenvalue weighted by atomic mass is 10.1. The molecule has 0 bridgehead atoms. The van der Waals surface area contributed by atoms with Crippen LogP contribution in [0.2, 0.25) is 0 Å². The molecule has 1 unspecified atom stereocenters. The second kappa shape index (κ2) is 7.19. The fourth-order valence-electron chi connectivity index (χ4n) is 3.82. The van der Waals surface area contributed by atoms with Gasteiger partial charge in [0.1, 0.15) is 0 Å². The van der Waals surface area contributed by atoms with E-state index in [1.165, 1.54) is 0 Å². The molecule has 1 atom stereocenters. The van der Waals surface area contributed by atoms with Crippen LogP contribution in [-0.4, -0.2) is 71.7 Å². The summed E-state index contributed by atoms with van der Waals surface area (Å²) in [7, 11) is 1.99. The Labute approximate surface area is 158 Å². The molecule has 2 aliphatic heterocycles. The number of likely N-dealkylation sites (N-methyl/N-ethyl adjacent to an activating group) is 1. The molecule has 0 radical (unpaired) electrons. The summed E-state index contributed by atoms with van der Waals surface area (Å²) in [6, 6.07) is 5.44. The lowest BCUT2D eigenvalue weighted by Gasteiger charge is -2.27. The summed E-state index contributed by atoms with van der Waals surface area (Å²) in [4.78, 5) is 33.2. The summed E-state index contributed by atoms with van der Waals surface area (Å²) in [6.45, 7) is 6.23. The van der Waals surface area contributed by atoms with E-state index in [-0.39, 0.29) is 17.9 Å². The third kappa shape index (κ3) is 3.37. The van der Waals surface area contributed by atoms with Gasteiger partial charge in [-0.25, -0.2) is 4.98 Å². The number of amides is 2. The van der Waals surface area contributed by atoms with Crippen molar-refractivity contribution in [1.29, 1.82) is 0 Å². The monoisotopic (exact) mass is 371 g/mol. The Morgan fingerprint density at radius 1 is 1.33 bits per heavy atom. The summed E-state index contributed by atoms with van der Waals surface area (Å²) >= 11 is 0. The van der Waals surface area contributed by atoms with E-state index in [1.807, 2.05) is 32.2 Å². The molecule has 2 amide bonds. The van der Waals surface area contributed by atoms with Crippen molar-refractivity contribution in [3.8, 4) is 0 Å². The Balaban J connectivity index is 1.52. The predicted molar refractivity (Wildman–Crippen MR) is 102 cm³/mol. The highest BCUT2D eigenvalue weighted by atomic mass is 16.5. The van der Waals surface area contributed by atoms with Gasteiger partial charge in [-0.2, -0.15) is 0 Å². The molecule has 0 saturated carbocycles. The first kappa shape index (κ1) is 17.8. The van der Waals surface area contributed by atoms with Crippen molar-refractivity contribution in [2.45, 2.75) is 19.4 Å². The third-order valence-electron chi connectivity index (χ3n) is 5.34. The Hall–Kier alpha value is -2.61. The minimum absolute atomic E-state index is 0.0955. The average molecular weight is 371 g/mol. The highest BCUT2D eigenvalue weighted by Gasteiger charge is 2.29. The fraction of sp³-hybridized carbons (Fsp3) is 0.526. The van der Waals surface area contributed by atoms with Crippen LogP contribution in [0.15, 0.2) is 18.2 Å². The van der Waals surface area contributed by atoms with E-state index in [0.717, 1.165) is 30.1 Å². The van der Waals surface area contributed by atoms with Crippen molar-refractivity contribution in [3.63, 3.8) is 0 Å². The number of carbonyl (C=O) groups is 2. The Morgan fingerprint density at radius 2 is 2.11 bits per heavy atom. The molecule has 4 rings (SSSR count). The summed E-state index contributed by atoms with van der Waals surface area (Å²) in [5, 5.41) is 2.98. The van der Waals surface area contributed by atoms with Gasteiger partial charge in [0, 0.05) is 45.2 Å². The first-order valence-corrected chi connectivity index (χ1v) is 9.44. The molecule has 3 heterocycles. The molecule has 2 saturated heterocycles. The van der Waals surface area contributed by atoms with Gasteiger partial charge in [-0.1, -0.05) is 0 Å². The van der Waals surface area contributed by atoms with Crippen LogP contribution in [0.25, 0.3) is 11.0 Å². The standard InChI is InChI=1S/C19H25N5O3/c1-3-23-12-14(11-17(23)25)20-18(26)13-4-5-16-15(10-13)21-19(22(16)2)24-6-8-27-9-7-24/h4-5,10,14H,3,6-9,11-12H2,1-2H3,(H,20,26). The quantitative estimate of drug-likeness (QED) is 0.858. The van der Waals surface area contributed by atoms with Gasteiger partial charge in [-0.05, 0) is 25.1 Å². The molecule has 1 aromatic heterocycles. The lowest BCUT2D eigenvalue weighted by Crippen LogP contribution is -2.37. The van der Waals surface area contributed by atoms with Crippen molar-refractivity contribution in [3.05, 3.63) is 23.8 Å². The van der Waals surface area contributed by atoms with Gasteiger partial charge in [0.2, 0.25) is 11.9 Å². The van der Waals surface area contributed by atoms with Crippen LogP contribution in [0.3, 0.4) is 0 Å². The molecule has 1 aromatic carbocycles. The normalized spacial score (nSPS) is 20.5. The number of carbonyl (C=O) groups excluding carboxylic acids is 2. The molecule has 144 valence electrons. The van der Waals surface area contributed by atoms with Crippen molar-refractivity contribution < 1.29 is 14.3 Å². The number of nitrogens with zero attached hydrogens (tertiary/aromatic N) is 4. The van der Waals surface area contributed by atoms with E-state index >= 15 is 0 Å². The van der Waals surface area contributed by atoms with E-state index in [9.17, 15) is 9.59 Å². The van der Waals surface area contributed by atoms with Gasteiger partial charge in [0.15, 0.2) is 0 Å². The van der Waals surface area contributed by atoms with E-state index in [4.69, 9.17) is 9.72 Å². The number of morpholine rings is 1. The predicted octanol–water partition coefficient (Wildman–Crippen LogP) is 0.760. The van der Waals surface area contributed by atoms with Gasteiger partial charge in [0.05, 0.1) is 30.3 Å². The maximum atomic E-state index is 12.6. The number of nitrogens with one attached hydrogen (secondary N) is 1. The minimum Gasteiger partial charge on any atom is -0.378 e. The molecule has 2 fully saturated rings. The number of anilines is 1. The van der Waals surface area contributed by atoms with Gasteiger partial charge in [-0.15, -0.1) is 0 Å². The van der Waals surface area contributed by atoms with Crippen LogP contribution in [-0.2, 0) is 16.6 Å². The first-order chi connectivity index (χ1) is 13.1. The number of likely N-dealkylation sites (tertiary alicyclic amines) is 1. The SMILES string of the molecule is CCN1CC(NC(=O)c2ccc3c(c2)nc(N2CCOCC2)n3C)CC1=O. The van der Waals surface area contributed by atoms with E-state index in [1.54, 1.807) is 4.90 Å². The van der Waals surface area contributed by atoms with E-state index in [0.29, 0.717) is 38.3 Å². The molecule has 27 heavy (non-hydrogen) atoms. The number of aryl methyl sites for hydroxylation is 1. The number of hydrogen-bond donors (Lipinski definition) is 1. The van der Waals surface area contributed by atoms with Gasteiger partial charge in [-0.3, -0.25) is 9.59 Å². The molecular formula is C19H25N5O3. The van der Waals surface area contributed by atoms with Crippen molar-refractivity contribution in [2.75, 3.05) is 44.3 Å². The van der Waals surface area contributed by atoms with Crippen molar-refractivity contribution >= 4 is 28.8 Å². The average Bonchev–Trinajstić information content (AvgIpc) is 3.21. The number of benzene rings is 1. The molecule has 2 aliphatic rings. The third-order valence-corrected chi connectivity index (χ3v) is 5.34. The molecule has 0 spiro atoms. The lowest BCUT2D eigenvalue weighted by molar-refractivity contribution is -0.127. The minimum atomic E-state index is -0.161. The van der Waals surface area contributed by atoms with Crippen LogP contribution in [0.4, 0.5) is 5.95 Å². The maximum Gasteiger partial charge on any atom is 0.251 e. The molecule has 8 nitrogen and oxygen atoms in total. The largest absolute Gasteiger partial charge is 0.378 e. The van der Waals surface area contributed by atoms with Crippen LogP contribution < -0.4 is 10.2 Å². The zero-order valence-corrected chi connectivity index (χ0v) is 15.8. The summed E-state index contributed by atoms with van der Waals surface area (Å²) in [6.07, 6.45) is 0.368. The Kier molecular flexibility index (Phi) is 4.73. The van der Waals surface area contributed by atoms with Gasteiger partial charge in [0.25, 0.3) is 5.91 Å². The van der Waals surface area contributed by atoms with E-state index in [2.05, 4.69) is 14.8 Å². The number of imidazole rings is 1. The van der Waals surface area contributed by atoms with Crippen LogP contribution >= 0.6 is 0 Å². The van der Waals surface area contributed by atoms with E-state index < -0.39 is 0 Å². The zero-order chi connectivity index (χ0) is 19.0. The molecule has 0 aliphatic carbocycles. The number of ether oxygens (including phenoxy) is 1. The number of aromatic nitrogens is 2. The van der Waals surface area contributed by atoms with Crippen LogP contribution in [0, 0.1) is 0 Å². The molecular weight excluding hydrogens is 346 g/mol. The van der Waals surface area contributed by atoms with Gasteiger partial charge >= 0.3 is 0 Å². The van der Waals surface area contributed by atoms with Crippen LogP contribution in [0.5, 0.6) is 0 Å². The smallest absolute Gasteiger partial charge is 0.251 e. The van der Waals surface area contributed by atoms with Gasteiger partial charge < -0.3 is 24.4 Å². The molecule has 8 heteroatoms. The first-order valence-electron chi connectivity index (χ1n) is 9.44. The number of rotatable bonds is 4. The maximum absolute atomic E-state index is 12.6. The highest BCUT2D eigenvalue weighted by Crippen LogP contribution is 2.23. The number of fused-ring (bicyclic) bond motifs is 1. The summed E-state index contributed by atoms with van der Waals surface area (Å²) < 4.78 is 7.47.